The molecule has 4 atom stereocenters. The Bertz CT molecular complexity index is 877. The predicted octanol–water partition coefficient (Wildman–Crippen LogP) is 2.55. The quantitative estimate of drug-likeness (QED) is 0.443. The molecule has 3 fully saturated rings. The number of hydrogen-bond donors (Lipinski definition) is 3. The van der Waals surface area contributed by atoms with E-state index < -0.39 is 23.5 Å². The first-order valence-electron chi connectivity index (χ1n) is 11.9. The number of nitrogens with two attached hydrogens (primary N) is 1. The summed E-state index contributed by atoms with van der Waals surface area (Å²) in [5.41, 5.74) is 6.39. The number of fused-ring (bicyclic) bond motifs is 2. The van der Waals surface area contributed by atoms with E-state index in [1.165, 1.54) is 0 Å². The maximum absolute atomic E-state index is 14.0. The molecule has 2 aliphatic heterocycles. The van der Waals surface area contributed by atoms with Gasteiger partial charge in [0.1, 0.15) is 12.2 Å². The van der Waals surface area contributed by atoms with E-state index in [0.717, 1.165) is 18.9 Å². The van der Waals surface area contributed by atoms with E-state index in [0.29, 0.717) is 44.6 Å². The summed E-state index contributed by atoms with van der Waals surface area (Å²) >= 11 is 0. The minimum atomic E-state index is -1.22. The molecule has 6 nitrogen and oxygen atoms in total. The molecule has 3 aliphatic rings. The largest absolute Gasteiger partial charge is 0.393 e. The summed E-state index contributed by atoms with van der Waals surface area (Å²) in [4.78, 5) is 27.1. The second kappa shape index (κ2) is 10.0. The molecular weight excluding hydrogens is 435 g/mol. The van der Waals surface area contributed by atoms with Crippen molar-refractivity contribution in [2.75, 3.05) is 0 Å². The number of carbonyl (C=O) groups is 2. The van der Waals surface area contributed by atoms with Gasteiger partial charge in [-0.1, -0.05) is 0 Å². The Morgan fingerprint density at radius 2 is 1.61 bits per heavy atom. The van der Waals surface area contributed by atoms with Crippen LogP contribution in [0.1, 0.15) is 63.4 Å². The molecule has 1 aromatic rings. The van der Waals surface area contributed by atoms with Gasteiger partial charge < -0.3 is 21.1 Å². The number of aliphatic hydroxyl groups is 1. The van der Waals surface area contributed by atoms with Crippen LogP contribution in [0.3, 0.4) is 0 Å². The number of nitrogens with zero attached hydrogens (tertiary/aromatic N) is 1. The third-order valence-corrected chi connectivity index (χ3v) is 7.58. The van der Waals surface area contributed by atoms with Gasteiger partial charge in [0.05, 0.1) is 6.10 Å². The molecule has 4 rings (SSSR count). The molecular formula is C24H32F3N3O3. The summed E-state index contributed by atoms with van der Waals surface area (Å²) in [5, 5.41) is 12.5. The highest BCUT2D eigenvalue weighted by Crippen LogP contribution is 2.40. The molecule has 1 aromatic carbocycles. The van der Waals surface area contributed by atoms with Crippen molar-refractivity contribution in [3.05, 3.63) is 35.1 Å². The Balaban J connectivity index is 1.31. The maximum atomic E-state index is 14.0. The lowest BCUT2D eigenvalue weighted by atomic mass is 9.82. The van der Waals surface area contributed by atoms with Crippen molar-refractivity contribution in [3.63, 3.8) is 0 Å². The zero-order valence-corrected chi connectivity index (χ0v) is 18.6. The number of benzene rings is 1. The van der Waals surface area contributed by atoms with Crippen molar-refractivity contribution in [1.82, 2.24) is 10.2 Å². The van der Waals surface area contributed by atoms with Crippen molar-refractivity contribution < 1.29 is 27.9 Å². The number of rotatable bonds is 6. The summed E-state index contributed by atoms with van der Waals surface area (Å²) in [7, 11) is 0. The normalized spacial score (nSPS) is 30.2. The molecule has 2 saturated heterocycles. The van der Waals surface area contributed by atoms with Crippen molar-refractivity contribution in [2.45, 2.75) is 94.5 Å². The van der Waals surface area contributed by atoms with Crippen molar-refractivity contribution >= 4 is 11.8 Å². The molecule has 1 aliphatic carbocycles. The lowest BCUT2D eigenvalue weighted by Gasteiger charge is -2.41. The summed E-state index contributed by atoms with van der Waals surface area (Å²) < 4.78 is 40.8. The highest BCUT2D eigenvalue weighted by atomic mass is 19.2. The third-order valence-electron chi connectivity index (χ3n) is 7.58. The number of halogens is 3. The molecule has 2 heterocycles. The molecule has 0 aromatic heterocycles. The molecule has 0 spiro atoms. The van der Waals surface area contributed by atoms with Gasteiger partial charge in [-0.3, -0.25) is 9.59 Å². The number of hydrogen-bond acceptors (Lipinski definition) is 4. The average Bonchev–Trinajstić information content (AvgIpc) is 3.03. The molecule has 4 N–H and O–H groups in total. The van der Waals surface area contributed by atoms with Crippen LogP contribution in [0, 0.1) is 23.4 Å². The zero-order chi connectivity index (χ0) is 23.7. The number of nitrogens with one attached hydrogen (secondary N) is 1. The Kier molecular flexibility index (Phi) is 7.28. The Morgan fingerprint density at radius 1 is 1.00 bits per heavy atom. The first-order valence-corrected chi connectivity index (χ1v) is 11.9. The first-order chi connectivity index (χ1) is 15.7. The molecule has 2 amide bonds. The van der Waals surface area contributed by atoms with Crippen LogP contribution in [0.5, 0.6) is 0 Å². The van der Waals surface area contributed by atoms with Crippen LogP contribution in [0.25, 0.3) is 0 Å². The van der Waals surface area contributed by atoms with E-state index in [2.05, 4.69) is 5.32 Å². The van der Waals surface area contributed by atoms with Crippen LogP contribution in [0.15, 0.2) is 12.1 Å². The van der Waals surface area contributed by atoms with Gasteiger partial charge in [0.15, 0.2) is 11.6 Å². The number of piperidine rings is 1. The Labute approximate surface area is 191 Å². The minimum Gasteiger partial charge on any atom is -0.393 e. The van der Waals surface area contributed by atoms with Gasteiger partial charge in [-0.05, 0) is 75.3 Å². The zero-order valence-electron chi connectivity index (χ0n) is 18.6. The summed E-state index contributed by atoms with van der Waals surface area (Å²) in [5.74, 6) is -3.57. The second-order valence-corrected chi connectivity index (χ2v) is 9.89. The van der Waals surface area contributed by atoms with Gasteiger partial charge >= 0.3 is 0 Å². The fraction of sp³-hybridized carbons (Fsp3) is 0.667. The summed E-state index contributed by atoms with van der Waals surface area (Å²) in [6, 6.07) is 0.951. The minimum absolute atomic E-state index is 0.00542. The molecule has 0 radical (unpaired) electrons. The van der Waals surface area contributed by atoms with E-state index in [9.17, 15) is 27.9 Å². The number of carbonyl (C=O) groups excluding carboxylic acids is 2. The van der Waals surface area contributed by atoms with Crippen molar-refractivity contribution in [1.29, 1.82) is 0 Å². The van der Waals surface area contributed by atoms with Gasteiger partial charge in [-0.25, -0.2) is 13.2 Å². The first kappa shape index (κ1) is 24.0. The maximum Gasteiger partial charge on any atom is 0.232 e. The van der Waals surface area contributed by atoms with Crippen LogP contribution >= 0.6 is 0 Å². The van der Waals surface area contributed by atoms with E-state index in [-0.39, 0.29) is 60.4 Å². The topological polar surface area (TPSA) is 95.7 Å². The van der Waals surface area contributed by atoms with Crippen LogP contribution in [-0.4, -0.2) is 52.1 Å². The summed E-state index contributed by atoms with van der Waals surface area (Å²) in [6.07, 6.45) is 5.32. The van der Waals surface area contributed by atoms with Crippen LogP contribution in [-0.2, 0) is 16.0 Å². The highest BCUT2D eigenvalue weighted by molar-refractivity contribution is 5.97. The number of amides is 2. The monoisotopic (exact) mass is 467 g/mol. The van der Waals surface area contributed by atoms with Gasteiger partial charge in [0, 0.05) is 30.2 Å². The van der Waals surface area contributed by atoms with Gasteiger partial charge in [0.25, 0.3) is 0 Å². The number of aliphatic hydroxyl groups excluding tert-OH is 1. The van der Waals surface area contributed by atoms with Crippen molar-refractivity contribution in [2.24, 2.45) is 11.7 Å². The molecule has 182 valence electrons. The lowest BCUT2D eigenvalue weighted by molar-refractivity contribution is -0.140. The lowest BCUT2D eigenvalue weighted by Crippen LogP contribution is -2.51. The Hall–Kier alpha value is -2.13. The summed E-state index contributed by atoms with van der Waals surface area (Å²) in [6.45, 7) is 0. The fourth-order valence-corrected chi connectivity index (χ4v) is 5.84. The smallest absolute Gasteiger partial charge is 0.232 e. The molecule has 1 saturated carbocycles. The van der Waals surface area contributed by atoms with Gasteiger partial charge in [-0.15, -0.1) is 0 Å². The molecule has 0 unspecified atom stereocenters. The SMILES string of the molecule is N[C@H](Cc1cc(F)c(F)cc1F)[C@H]1C[C@H]2CC[C@@H](C1)N2C(=O)CC(=O)NC1CCC(O)CC1. The average molecular weight is 468 g/mol. The highest BCUT2D eigenvalue weighted by Gasteiger charge is 2.44. The standard InChI is InChI=1S/C24H32F3N3O3/c25-19-11-21(27)20(26)9-13(19)10-22(28)14-7-16-3-4-17(8-14)30(16)24(33)12-23(32)29-15-1-5-18(31)6-2-15/h9,11,14-18,22,31H,1-8,10,12,28H2,(H,29,32)/t14-,15?,16+,17-,18?,22-/m1/s1. The van der Waals surface area contributed by atoms with Crippen LogP contribution in [0.4, 0.5) is 13.2 Å². The van der Waals surface area contributed by atoms with E-state index >= 15 is 0 Å². The Morgan fingerprint density at radius 3 is 2.24 bits per heavy atom. The molecule has 2 bridgehead atoms. The molecule has 9 heteroatoms. The van der Waals surface area contributed by atoms with Crippen LogP contribution in [0.2, 0.25) is 0 Å². The third kappa shape index (κ3) is 5.51. The predicted molar refractivity (Wildman–Crippen MR) is 115 cm³/mol. The van der Waals surface area contributed by atoms with E-state index in [4.69, 9.17) is 5.73 Å². The van der Waals surface area contributed by atoms with E-state index in [1.807, 2.05) is 4.90 Å². The second-order valence-electron chi connectivity index (χ2n) is 9.89. The van der Waals surface area contributed by atoms with E-state index in [1.54, 1.807) is 0 Å². The van der Waals surface area contributed by atoms with Crippen molar-refractivity contribution in [3.8, 4) is 0 Å². The van der Waals surface area contributed by atoms with Gasteiger partial charge in [-0.2, -0.15) is 0 Å². The molecule has 33 heavy (non-hydrogen) atoms. The fourth-order valence-electron chi connectivity index (χ4n) is 5.84. The van der Waals surface area contributed by atoms with Crippen LogP contribution < -0.4 is 11.1 Å². The van der Waals surface area contributed by atoms with Gasteiger partial charge in [0.2, 0.25) is 11.8 Å².